The Morgan fingerprint density at radius 3 is 1.06 bits per heavy atom. The van der Waals surface area contributed by atoms with Crippen molar-refractivity contribution in [2.24, 2.45) is 0 Å². The Morgan fingerprint density at radius 2 is 0.806 bits per heavy atom. The van der Waals surface area contributed by atoms with E-state index in [1.807, 2.05) is 49.1 Å². The summed E-state index contributed by atoms with van der Waals surface area (Å²) in [5.74, 6) is 0. The third kappa shape index (κ3) is 4.42. The Morgan fingerprint density at radius 1 is 0.484 bits per heavy atom. The second kappa shape index (κ2) is 9.73. The summed E-state index contributed by atoms with van der Waals surface area (Å²) in [5.41, 5.74) is 5.70. The van der Waals surface area contributed by atoms with E-state index in [1.54, 1.807) is 0 Å². The van der Waals surface area contributed by atoms with Crippen molar-refractivity contribution >= 4 is 37.6 Å². The lowest BCUT2D eigenvalue weighted by Gasteiger charge is -2.33. The first-order valence-corrected chi connectivity index (χ1v) is 13.5. The fourth-order valence-corrected chi connectivity index (χ4v) is 10.7. The molecular weight excluding hydrogens is 418 g/mol. The van der Waals surface area contributed by atoms with Crippen LogP contribution in [0.4, 0.5) is 0 Å². The highest BCUT2D eigenvalue weighted by molar-refractivity contribution is 7.77. The van der Waals surface area contributed by atoms with Crippen molar-refractivity contribution in [1.29, 1.82) is 0 Å². The fraction of sp³-hybridized carbons (Fsp3) is 0.200. The van der Waals surface area contributed by atoms with Gasteiger partial charge in [0, 0.05) is 24.8 Å². The first-order valence-electron chi connectivity index (χ1n) is 10.6. The van der Waals surface area contributed by atoms with Gasteiger partial charge in [0.15, 0.2) is 0 Å². The zero-order chi connectivity index (χ0) is 20.9. The van der Waals surface area contributed by atoms with Crippen LogP contribution in [0, 0.1) is 0 Å². The van der Waals surface area contributed by atoms with Gasteiger partial charge < -0.3 is 0 Å². The van der Waals surface area contributed by atoms with E-state index in [4.69, 9.17) is 19.9 Å². The second-order valence-corrected chi connectivity index (χ2v) is 12.2. The lowest BCUT2D eigenvalue weighted by atomic mass is 10.4. The highest BCUT2D eigenvalue weighted by Gasteiger charge is 2.42. The molecule has 0 aliphatic heterocycles. The van der Waals surface area contributed by atoms with Gasteiger partial charge in [-0.1, -0.05) is 30.7 Å². The summed E-state index contributed by atoms with van der Waals surface area (Å²) in [6.07, 6.45) is 11.3. The molecule has 6 heteroatoms. The van der Waals surface area contributed by atoms with Gasteiger partial charge in [0.1, 0.15) is 0 Å². The molecule has 31 heavy (non-hydrogen) atoms. The lowest BCUT2D eigenvalue weighted by Crippen LogP contribution is -2.34. The molecule has 0 N–H and O–H groups in total. The third-order valence-corrected chi connectivity index (χ3v) is 11.5. The summed E-state index contributed by atoms with van der Waals surface area (Å²) in [4.78, 5) is 19.2. The first kappa shape index (κ1) is 20.4. The summed E-state index contributed by atoms with van der Waals surface area (Å²) in [6.45, 7) is 0. The minimum Gasteiger partial charge on any atom is -0.256 e. The summed E-state index contributed by atoms with van der Waals surface area (Å²) >= 11 is 0. The molecular formula is C25H24N4P2. The molecule has 0 aromatic carbocycles. The van der Waals surface area contributed by atoms with Gasteiger partial charge in [-0.3, -0.25) is 19.9 Å². The molecule has 0 spiro atoms. The van der Waals surface area contributed by atoms with Crippen molar-refractivity contribution < 1.29 is 0 Å². The van der Waals surface area contributed by atoms with Gasteiger partial charge in [0.2, 0.25) is 0 Å². The third-order valence-electron chi connectivity index (χ3n) is 5.69. The monoisotopic (exact) mass is 442 g/mol. The second-order valence-electron chi connectivity index (χ2n) is 7.56. The largest absolute Gasteiger partial charge is 0.256 e. The van der Waals surface area contributed by atoms with Crippen LogP contribution in [-0.4, -0.2) is 31.3 Å². The van der Waals surface area contributed by atoms with Crippen molar-refractivity contribution in [2.75, 3.05) is 0 Å². The van der Waals surface area contributed by atoms with Gasteiger partial charge in [0.05, 0.1) is 21.7 Å². The average molecular weight is 442 g/mol. The molecule has 0 saturated heterocycles. The van der Waals surface area contributed by atoms with Crippen molar-refractivity contribution in [2.45, 2.75) is 30.6 Å². The van der Waals surface area contributed by atoms with E-state index in [1.165, 1.54) is 41.0 Å². The molecule has 1 fully saturated rings. The molecule has 4 aromatic heterocycles. The number of hydrogen-bond acceptors (Lipinski definition) is 4. The fourth-order valence-electron chi connectivity index (χ4n) is 4.42. The van der Waals surface area contributed by atoms with Crippen LogP contribution in [0.25, 0.3) is 0 Å². The van der Waals surface area contributed by atoms with E-state index < -0.39 is 15.8 Å². The maximum atomic E-state index is 4.80. The van der Waals surface area contributed by atoms with E-state index in [0.29, 0.717) is 11.3 Å². The molecule has 0 radical (unpaired) electrons. The number of hydrogen-bond donors (Lipinski definition) is 0. The lowest BCUT2D eigenvalue weighted by molar-refractivity contribution is 0.888. The van der Waals surface area contributed by atoms with E-state index in [2.05, 4.69) is 48.5 Å². The molecule has 1 aliphatic carbocycles. The molecule has 154 valence electrons. The summed E-state index contributed by atoms with van der Waals surface area (Å²) in [5, 5.41) is 0. The summed E-state index contributed by atoms with van der Waals surface area (Å²) in [7, 11) is -1.33. The minimum atomic E-state index is -0.666. The molecule has 1 saturated carbocycles. The average Bonchev–Trinajstić information content (AvgIpc) is 3.31. The Balaban J connectivity index is 1.60. The molecule has 0 unspecified atom stereocenters. The zero-order valence-electron chi connectivity index (χ0n) is 17.2. The van der Waals surface area contributed by atoms with Crippen LogP contribution < -0.4 is 21.7 Å². The number of aromatic nitrogens is 4. The van der Waals surface area contributed by atoms with Gasteiger partial charge in [-0.25, -0.2) is 0 Å². The van der Waals surface area contributed by atoms with Crippen LogP contribution in [0.3, 0.4) is 0 Å². The van der Waals surface area contributed by atoms with E-state index in [9.17, 15) is 0 Å². The van der Waals surface area contributed by atoms with Gasteiger partial charge in [-0.05, 0) is 88.5 Å². The van der Waals surface area contributed by atoms with E-state index in [-0.39, 0.29) is 0 Å². The summed E-state index contributed by atoms with van der Waals surface area (Å²) < 4.78 is 0. The smallest absolute Gasteiger partial charge is 0.0695 e. The molecule has 5 rings (SSSR count). The predicted octanol–water partition coefficient (Wildman–Crippen LogP) is 3.75. The topological polar surface area (TPSA) is 51.6 Å². The van der Waals surface area contributed by atoms with Crippen LogP contribution in [0.5, 0.6) is 0 Å². The van der Waals surface area contributed by atoms with Crippen LogP contribution in [0.15, 0.2) is 97.6 Å². The normalized spacial score (nSPS) is 18.5. The van der Waals surface area contributed by atoms with Gasteiger partial charge in [-0.15, -0.1) is 0 Å². The zero-order valence-corrected chi connectivity index (χ0v) is 19.0. The molecule has 0 amide bonds. The van der Waals surface area contributed by atoms with Crippen molar-refractivity contribution in [1.82, 2.24) is 19.9 Å². The minimum absolute atomic E-state index is 0.509. The molecule has 0 bridgehead atoms. The Hall–Kier alpha value is -2.54. The van der Waals surface area contributed by atoms with Crippen molar-refractivity contribution in [3.05, 3.63) is 97.6 Å². The molecule has 2 atom stereocenters. The molecule has 4 nitrogen and oxygen atoms in total. The van der Waals surface area contributed by atoms with E-state index in [0.717, 1.165) is 0 Å². The number of pyridine rings is 4. The standard InChI is InChI=1S/C25H24N4P2/c1-5-16-26-22(12-1)30(23-13-2-6-17-27-23)20-10-9-11-21(20)31(24-14-3-7-18-28-24)25-15-4-8-19-29-25/h1-8,12-21H,9-11H2/t20-,21-/m0/s1. The molecule has 1 aliphatic rings. The van der Waals surface area contributed by atoms with Crippen LogP contribution in [0.1, 0.15) is 19.3 Å². The number of rotatable bonds is 6. The quantitative estimate of drug-likeness (QED) is 0.427. The van der Waals surface area contributed by atoms with E-state index >= 15 is 0 Å². The molecule has 4 aromatic rings. The van der Waals surface area contributed by atoms with Crippen molar-refractivity contribution in [3.63, 3.8) is 0 Å². The Labute approximate surface area is 185 Å². The Bertz CT molecular complexity index is 914. The van der Waals surface area contributed by atoms with Gasteiger partial charge >= 0.3 is 0 Å². The highest BCUT2D eigenvalue weighted by atomic mass is 31.1. The Kier molecular flexibility index (Phi) is 6.39. The molecule has 4 heterocycles. The van der Waals surface area contributed by atoms with Gasteiger partial charge in [-0.2, -0.15) is 0 Å². The van der Waals surface area contributed by atoms with Crippen LogP contribution >= 0.6 is 15.8 Å². The van der Waals surface area contributed by atoms with Gasteiger partial charge in [0.25, 0.3) is 0 Å². The highest BCUT2D eigenvalue weighted by Crippen LogP contribution is 2.56. The van der Waals surface area contributed by atoms with Crippen molar-refractivity contribution in [3.8, 4) is 0 Å². The maximum Gasteiger partial charge on any atom is 0.0695 e. The van der Waals surface area contributed by atoms with Crippen LogP contribution in [-0.2, 0) is 0 Å². The number of nitrogens with zero attached hydrogens (tertiary/aromatic N) is 4. The SMILES string of the molecule is c1ccc(P(c2ccccn2)[C@H]2CCC[C@@H]2P(c2ccccn2)c2ccccn2)nc1. The summed E-state index contributed by atoms with van der Waals surface area (Å²) in [6, 6.07) is 25.1. The van der Waals surface area contributed by atoms with Crippen LogP contribution in [0.2, 0.25) is 0 Å². The predicted molar refractivity (Wildman–Crippen MR) is 131 cm³/mol. The maximum absolute atomic E-state index is 4.80. The first-order chi connectivity index (χ1) is 15.4.